The second kappa shape index (κ2) is 14.1. The lowest BCUT2D eigenvalue weighted by atomic mass is 10.1. The minimum Gasteiger partial charge on any atom is -0.490 e. The van der Waals surface area contributed by atoms with E-state index in [1.54, 1.807) is 13.2 Å². The highest BCUT2D eigenvalue weighted by molar-refractivity contribution is 14.0. The summed E-state index contributed by atoms with van der Waals surface area (Å²) in [6.45, 7) is 7.79. The third-order valence-electron chi connectivity index (χ3n) is 3.98. The average Bonchev–Trinajstić information content (AvgIpc) is 3.19. The number of nitrogens with zero attached hydrogens (tertiary/aromatic N) is 3. The van der Waals surface area contributed by atoms with Crippen molar-refractivity contribution in [1.29, 1.82) is 0 Å². The van der Waals surface area contributed by atoms with Crippen LogP contribution < -0.4 is 20.1 Å². The molecule has 0 saturated heterocycles. The third kappa shape index (κ3) is 8.37. The fraction of sp³-hybridized carbons (Fsp3) is 0.500. The van der Waals surface area contributed by atoms with Gasteiger partial charge in [-0.3, -0.25) is 4.99 Å². The predicted molar refractivity (Wildman–Crippen MR) is 124 cm³/mol. The van der Waals surface area contributed by atoms with Gasteiger partial charge in [-0.05, 0) is 44.4 Å². The lowest BCUT2D eigenvalue weighted by Gasteiger charge is -2.14. The number of imidazole rings is 1. The number of aromatic nitrogens is 2. The molecule has 1 aromatic heterocycles. The quantitative estimate of drug-likeness (QED) is 0.214. The van der Waals surface area contributed by atoms with Crippen LogP contribution in [0.2, 0.25) is 0 Å². The summed E-state index contributed by atoms with van der Waals surface area (Å²) in [6, 6.07) is 6.11. The Morgan fingerprint density at radius 3 is 2.54 bits per heavy atom. The molecule has 0 atom stereocenters. The average molecular weight is 501 g/mol. The van der Waals surface area contributed by atoms with Gasteiger partial charge in [0, 0.05) is 39.1 Å². The second-order valence-electron chi connectivity index (χ2n) is 5.98. The zero-order chi connectivity index (χ0) is 19.3. The molecule has 2 aromatic rings. The number of aryl methyl sites for hydroxylation is 1. The van der Waals surface area contributed by atoms with Gasteiger partial charge in [-0.1, -0.05) is 6.07 Å². The van der Waals surface area contributed by atoms with Gasteiger partial charge in [-0.2, -0.15) is 0 Å². The summed E-state index contributed by atoms with van der Waals surface area (Å²) in [5.41, 5.74) is 1.20. The Morgan fingerprint density at radius 1 is 1.11 bits per heavy atom. The molecule has 0 aliphatic heterocycles. The van der Waals surface area contributed by atoms with Crippen molar-refractivity contribution in [3.8, 4) is 11.5 Å². The Bertz CT molecular complexity index is 692. The first-order valence-electron chi connectivity index (χ1n) is 9.55. The molecule has 1 aromatic carbocycles. The first-order valence-corrected chi connectivity index (χ1v) is 9.55. The lowest BCUT2D eigenvalue weighted by molar-refractivity contribution is 0.287. The van der Waals surface area contributed by atoms with E-state index in [2.05, 4.69) is 37.3 Å². The van der Waals surface area contributed by atoms with Gasteiger partial charge in [0.05, 0.1) is 19.5 Å². The third-order valence-corrected chi connectivity index (χ3v) is 3.98. The van der Waals surface area contributed by atoms with Crippen LogP contribution >= 0.6 is 24.0 Å². The van der Waals surface area contributed by atoms with Crippen molar-refractivity contribution in [2.75, 3.05) is 33.4 Å². The molecule has 0 bridgehead atoms. The van der Waals surface area contributed by atoms with Crippen LogP contribution in [0.3, 0.4) is 0 Å². The normalized spacial score (nSPS) is 10.9. The molecule has 0 spiro atoms. The van der Waals surface area contributed by atoms with E-state index in [1.165, 1.54) is 5.56 Å². The lowest BCUT2D eigenvalue weighted by Crippen LogP contribution is -2.38. The highest BCUT2D eigenvalue weighted by Crippen LogP contribution is 2.28. The van der Waals surface area contributed by atoms with Crippen LogP contribution in [-0.4, -0.2) is 48.9 Å². The van der Waals surface area contributed by atoms with Gasteiger partial charge in [-0.25, -0.2) is 4.98 Å². The second-order valence-corrected chi connectivity index (χ2v) is 5.98. The zero-order valence-corrected chi connectivity index (χ0v) is 19.3. The topological polar surface area (TPSA) is 72.7 Å². The minimum absolute atomic E-state index is 0. The van der Waals surface area contributed by atoms with Crippen molar-refractivity contribution in [3.05, 3.63) is 42.5 Å². The van der Waals surface area contributed by atoms with Crippen LogP contribution in [0.25, 0.3) is 0 Å². The number of hydrogen-bond donors (Lipinski definition) is 2. The Morgan fingerprint density at radius 2 is 1.86 bits per heavy atom. The summed E-state index contributed by atoms with van der Waals surface area (Å²) in [6.07, 6.45) is 7.49. The minimum atomic E-state index is 0. The molecule has 1 heterocycles. The monoisotopic (exact) mass is 501 g/mol. The Hall–Kier alpha value is -1.97. The van der Waals surface area contributed by atoms with Crippen LogP contribution in [0.4, 0.5) is 0 Å². The number of aliphatic imine (C=N–C) groups is 1. The van der Waals surface area contributed by atoms with Gasteiger partial charge >= 0.3 is 0 Å². The van der Waals surface area contributed by atoms with E-state index in [0.717, 1.165) is 49.9 Å². The molecule has 156 valence electrons. The van der Waals surface area contributed by atoms with Gasteiger partial charge in [-0.15, -0.1) is 24.0 Å². The van der Waals surface area contributed by atoms with Gasteiger partial charge in [0.2, 0.25) is 0 Å². The summed E-state index contributed by atoms with van der Waals surface area (Å²) < 4.78 is 13.4. The van der Waals surface area contributed by atoms with Crippen molar-refractivity contribution >= 4 is 29.9 Å². The molecule has 28 heavy (non-hydrogen) atoms. The molecule has 0 aliphatic rings. The van der Waals surface area contributed by atoms with Gasteiger partial charge in [0.15, 0.2) is 17.5 Å². The summed E-state index contributed by atoms with van der Waals surface area (Å²) in [7, 11) is 1.79. The van der Waals surface area contributed by atoms with Crippen molar-refractivity contribution in [2.45, 2.75) is 33.2 Å². The van der Waals surface area contributed by atoms with Crippen molar-refractivity contribution in [2.24, 2.45) is 4.99 Å². The number of guanidine groups is 1. The maximum atomic E-state index is 5.69. The van der Waals surface area contributed by atoms with E-state index in [1.807, 2.05) is 32.4 Å². The molecule has 0 fully saturated rings. The smallest absolute Gasteiger partial charge is 0.190 e. The van der Waals surface area contributed by atoms with Gasteiger partial charge < -0.3 is 24.7 Å². The molecule has 8 heteroatoms. The van der Waals surface area contributed by atoms with E-state index in [9.17, 15) is 0 Å². The Balaban J connectivity index is 0.00000392. The van der Waals surface area contributed by atoms with E-state index >= 15 is 0 Å². The number of ether oxygens (including phenoxy) is 2. The highest BCUT2D eigenvalue weighted by Gasteiger charge is 2.06. The molecule has 7 nitrogen and oxygen atoms in total. The summed E-state index contributed by atoms with van der Waals surface area (Å²) >= 11 is 0. The number of benzene rings is 1. The first kappa shape index (κ1) is 24.1. The molecule has 0 radical (unpaired) electrons. The van der Waals surface area contributed by atoms with Crippen LogP contribution in [0.1, 0.15) is 25.8 Å². The zero-order valence-electron chi connectivity index (χ0n) is 17.0. The van der Waals surface area contributed by atoms with Crippen LogP contribution in [0.15, 0.2) is 41.9 Å². The number of halogens is 1. The summed E-state index contributed by atoms with van der Waals surface area (Å²) in [5.74, 6) is 2.42. The number of nitrogens with one attached hydrogen (secondary N) is 2. The summed E-state index contributed by atoms with van der Waals surface area (Å²) in [4.78, 5) is 8.31. The van der Waals surface area contributed by atoms with Crippen molar-refractivity contribution < 1.29 is 9.47 Å². The predicted octanol–water partition coefficient (Wildman–Crippen LogP) is 3.10. The number of hydrogen-bond acceptors (Lipinski definition) is 4. The molecule has 0 aliphatic carbocycles. The molecular formula is C20H32IN5O2. The molecule has 0 unspecified atom stereocenters. The van der Waals surface area contributed by atoms with E-state index < -0.39 is 0 Å². The molecule has 2 N–H and O–H groups in total. The molecule has 2 rings (SSSR count). The number of rotatable bonds is 11. The van der Waals surface area contributed by atoms with Crippen molar-refractivity contribution in [3.63, 3.8) is 0 Å². The van der Waals surface area contributed by atoms with Crippen molar-refractivity contribution in [1.82, 2.24) is 20.2 Å². The molecule has 0 amide bonds. The standard InChI is InChI=1S/C20H31N5O2.HI/c1-4-26-18-8-7-17(15-19(18)27-5-2)9-11-24-20(21-3)23-10-6-13-25-14-12-22-16-25;/h7-8,12,14-16H,4-6,9-11,13H2,1-3H3,(H2,21,23,24);1H. The van der Waals surface area contributed by atoms with Gasteiger partial charge in [0.25, 0.3) is 0 Å². The largest absolute Gasteiger partial charge is 0.490 e. The molecular weight excluding hydrogens is 469 g/mol. The van der Waals surface area contributed by atoms with Crippen LogP contribution in [0.5, 0.6) is 11.5 Å². The Kier molecular flexibility index (Phi) is 12.1. The SMILES string of the molecule is CCOc1ccc(CCNC(=NC)NCCCn2ccnc2)cc1OCC.I. The van der Waals surface area contributed by atoms with E-state index in [4.69, 9.17) is 9.47 Å². The summed E-state index contributed by atoms with van der Waals surface area (Å²) in [5, 5.41) is 6.69. The fourth-order valence-electron chi connectivity index (χ4n) is 2.68. The molecule has 0 saturated carbocycles. The fourth-order valence-corrected chi connectivity index (χ4v) is 2.68. The van der Waals surface area contributed by atoms with Crippen LogP contribution in [0, 0.1) is 0 Å². The highest BCUT2D eigenvalue weighted by atomic mass is 127. The maximum Gasteiger partial charge on any atom is 0.190 e. The van der Waals surface area contributed by atoms with E-state index in [0.29, 0.717) is 13.2 Å². The first-order chi connectivity index (χ1) is 13.3. The Labute approximate surface area is 185 Å². The van der Waals surface area contributed by atoms with E-state index in [-0.39, 0.29) is 24.0 Å². The van der Waals surface area contributed by atoms with Gasteiger partial charge in [0.1, 0.15) is 0 Å². The maximum absolute atomic E-state index is 5.69. The van der Waals surface area contributed by atoms with Crippen LogP contribution in [-0.2, 0) is 13.0 Å².